The van der Waals surface area contributed by atoms with Gasteiger partial charge in [0.25, 0.3) is 5.91 Å². The van der Waals surface area contributed by atoms with Crippen molar-refractivity contribution in [1.82, 2.24) is 9.78 Å². The van der Waals surface area contributed by atoms with Crippen molar-refractivity contribution in [2.75, 3.05) is 25.0 Å². The van der Waals surface area contributed by atoms with Gasteiger partial charge >= 0.3 is 0 Å². The summed E-state index contributed by atoms with van der Waals surface area (Å²) < 4.78 is 1.89. The first-order valence-corrected chi connectivity index (χ1v) is 9.19. The zero-order chi connectivity index (χ0) is 18.0. The van der Waals surface area contributed by atoms with E-state index >= 15 is 0 Å². The maximum Gasteiger partial charge on any atom is 0.279 e. The molecule has 134 valence electrons. The molecule has 1 fully saturated rings. The van der Waals surface area contributed by atoms with Crippen molar-refractivity contribution in [3.63, 3.8) is 0 Å². The van der Waals surface area contributed by atoms with Crippen LogP contribution in [0.1, 0.15) is 31.7 Å². The van der Waals surface area contributed by atoms with Crippen LogP contribution in [0, 0.1) is 25.7 Å². The molecule has 1 saturated heterocycles. The molecule has 2 heterocycles. The topological polar surface area (TPSA) is 51.4 Å². The molecule has 0 unspecified atom stereocenters. The molecule has 2 N–H and O–H groups in total. The lowest BCUT2D eigenvalue weighted by Crippen LogP contribution is -3.15. The number of likely N-dealkylation sites (tertiary alicyclic amines) is 1. The van der Waals surface area contributed by atoms with Gasteiger partial charge in [-0.1, -0.05) is 32.0 Å². The third-order valence-corrected chi connectivity index (χ3v) is 5.05. The van der Waals surface area contributed by atoms with Crippen LogP contribution in [0.25, 0.3) is 5.69 Å². The number of carbonyl (C=O) groups is 1. The van der Waals surface area contributed by atoms with Gasteiger partial charge in [-0.05, 0) is 32.4 Å². The van der Waals surface area contributed by atoms with Crippen molar-refractivity contribution in [1.29, 1.82) is 0 Å². The molecule has 25 heavy (non-hydrogen) atoms. The molecular formula is C20H29N4O+. The van der Waals surface area contributed by atoms with Crippen LogP contribution < -0.4 is 10.2 Å². The Hall–Kier alpha value is -2.14. The first-order chi connectivity index (χ1) is 11.9. The number of para-hydroxylation sites is 1. The Bertz CT molecular complexity index is 728. The first-order valence-electron chi connectivity index (χ1n) is 9.19. The van der Waals surface area contributed by atoms with Gasteiger partial charge in [0, 0.05) is 11.8 Å². The van der Waals surface area contributed by atoms with E-state index in [1.165, 1.54) is 11.3 Å². The van der Waals surface area contributed by atoms with Gasteiger partial charge in [0.2, 0.25) is 0 Å². The summed E-state index contributed by atoms with van der Waals surface area (Å²) in [6.07, 6.45) is 1.27. The predicted molar refractivity (Wildman–Crippen MR) is 100 cm³/mol. The van der Waals surface area contributed by atoms with Crippen molar-refractivity contribution >= 4 is 11.6 Å². The van der Waals surface area contributed by atoms with Crippen LogP contribution in [0.2, 0.25) is 0 Å². The summed E-state index contributed by atoms with van der Waals surface area (Å²) in [7, 11) is 0. The third-order valence-electron chi connectivity index (χ3n) is 5.05. The second-order valence-electron chi connectivity index (χ2n) is 7.62. The van der Waals surface area contributed by atoms with E-state index in [0.29, 0.717) is 18.4 Å². The summed E-state index contributed by atoms with van der Waals surface area (Å²) in [5.74, 6) is 1.46. The van der Waals surface area contributed by atoms with Crippen LogP contribution in [-0.4, -0.2) is 35.3 Å². The van der Waals surface area contributed by atoms with Gasteiger partial charge in [0.1, 0.15) is 0 Å². The minimum atomic E-state index is 0.0788. The molecule has 1 aliphatic rings. The number of amides is 1. The molecule has 0 bridgehead atoms. The van der Waals surface area contributed by atoms with Crippen LogP contribution in [0.5, 0.6) is 0 Å². The van der Waals surface area contributed by atoms with Crippen LogP contribution in [-0.2, 0) is 4.79 Å². The Morgan fingerprint density at radius 2 is 1.84 bits per heavy atom. The maximum atomic E-state index is 12.6. The SMILES string of the molecule is Cc1nn(-c2ccccc2)c(C)c1NC(=O)C[NH+]1C[C@@H](C)C[C@H](C)C1. The number of aryl methyl sites for hydroxylation is 1. The van der Waals surface area contributed by atoms with Crippen molar-refractivity contribution in [2.24, 2.45) is 11.8 Å². The number of nitrogens with zero attached hydrogens (tertiary/aromatic N) is 2. The standard InChI is InChI=1S/C20H28N4O/c1-14-10-15(2)12-23(11-14)13-19(25)21-20-16(3)22-24(17(20)4)18-8-6-5-7-9-18/h5-9,14-15H,10-13H2,1-4H3,(H,21,25)/p+1/t14-,15-/m0/s1. The number of piperidine rings is 1. The molecule has 0 aliphatic carbocycles. The van der Waals surface area contributed by atoms with Gasteiger partial charge in [0.15, 0.2) is 6.54 Å². The fourth-order valence-electron chi connectivity index (χ4n) is 4.12. The molecule has 2 atom stereocenters. The molecule has 5 nitrogen and oxygen atoms in total. The van der Waals surface area contributed by atoms with Crippen molar-refractivity contribution in [3.05, 3.63) is 41.7 Å². The summed E-state index contributed by atoms with van der Waals surface area (Å²) >= 11 is 0. The normalized spacial score (nSPS) is 23.4. The van der Waals surface area contributed by atoms with Crippen molar-refractivity contribution in [2.45, 2.75) is 34.1 Å². The van der Waals surface area contributed by atoms with E-state index in [2.05, 4.69) is 24.3 Å². The van der Waals surface area contributed by atoms with Gasteiger partial charge in [-0.15, -0.1) is 0 Å². The number of nitrogens with one attached hydrogen (secondary N) is 2. The molecule has 1 aromatic carbocycles. The smallest absolute Gasteiger partial charge is 0.279 e. The van der Waals surface area contributed by atoms with Crippen LogP contribution in [0.4, 0.5) is 5.69 Å². The lowest BCUT2D eigenvalue weighted by atomic mass is 9.92. The van der Waals surface area contributed by atoms with E-state index in [4.69, 9.17) is 0 Å². The van der Waals surface area contributed by atoms with Gasteiger partial charge in [-0.25, -0.2) is 4.68 Å². The monoisotopic (exact) mass is 341 g/mol. The van der Waals surface area contributed by atoms with Crippen molar-refractivity contribution in [3.8, 4) is 5.69 Å². The van der Waals surface area contributed by atoms with Gasteiger partial charge in [0.05, 0.1) is 35.9 Å². The fraction of sp³-hybridized carbons (Fsp3) is 0.500. The number of quaternary nitrogens is 1. The molecule has 0 saturated carbocycles. The number of hydrogen-bond acceptors (Lipinski definition) is 2. The molecule has 5 heteroatoms. The summed E-state index contributed by atoms with van der Waals surface area (Å²) in [4.78, 5) is 14.0. The summed E-state index contributed by atoms with van der Waals surface area (Å²) in [6.45, 7) is 11.2. The minimum absolute atomic E-state index is 0.0788. The van der Waals surface area contributed by atoms with Gasteiger partial charge in [-0.3, -0.25) is 4.79 Å². The number of hydrogen-bond donors (Lipinski definition) is 2. The van der Waals surface area contributed by atoms with Gasteiger partial charge in [-0.2, -0.15) is 5.10 Å². The number of rotatable bonds is 4. The van der Waals surface area contributed by atoms with E-state index in [9.17, 15) is 4.79 Å². The van der Waals surface area contributed by atoms with E-state index in [1.54, 1.807) is 0 Å². The number of benzene rings is 1. The number of aromatic nitrogens is 2. The Labute approximate surface area is 150 Å². The molecule has 1 aliphatic heterocycles. The van der Waals surface area contributed by atoms with Crippen LogP contribution >= 0.6 is 0 Å². The van der Waals surface area contributed by atoms with E-state index in [-0.39, 0.29) is 5.91 Å². The van der Waals surface area contributed by atoms with Crippen molar-refractivity contribution < 1.29 is 9.69 Å². The van der Waals surface area contributed by atoms with Crippen LogP contribution in [0.15, 0.2) is 30.3 Å². The largest absolute Gasteiger partial charge is 0.327 e. The quantitative estimate of drug-likeness (QED) is 0.894. The second-order valence-corrected chi connectivity index (χ2v) is 7.62. The maximum absolute atomic E-state index is 12.6. The average Bonchev–Trinajstić information content (AvgIpc) is 2.83. The van der Waals surface area contributed by atoms with Gasteiger partial charge < -0.3 is 10.2 Å². The van der Waals surface area contributed by atoms with E-state index in [1.807, 2.05) is 48.9 Å². The Kier molecular flexibility index (Phi) is 5.23. The second kappa shape index (κ2) is 7.40. The molecule has 1 amide bonds. The Morgan fingerprint density at radius 1 is 1.20 bits per heavy atom. The Balaban J connectivity index is 1.70. The third kappa shape index (κ3) is 4.10. The molecular weight excluding hydrogens is 312 g/mol. The highest BCUT2D eigenvalue weighted by molar-refractivity contribution is 5.92. The lowest BCUT2D eigenvalue weighted by Gasteiger charge is -2.31. The zero-order valence-corrected chi connectivity index (χ0v) is 15.7. The van der Waals surface area contributed by atoms with E-state index < -0.39 is 0 Å². The zero-order valence-electron chi connectivity index (χ0n) is 15.7. The number of anilines is 1. The molecule has 0 radical (unpaired) electrons. The highest BCUT2D eigenvalue weighted by Crippen LogP contribution is 2.22. The molecule has 2 aromatic rings. The minimum Gasteiger partial charge on any atom is -0.327 e. The average molecular weight is 341 g/mol. The number of carbonyl (C=O) groups excluding carboxylic acids is 1. The van der Waals surface area contributed by atoms with Crippen LogP contribution in [0.3, 0.4) is 0 Å². The summed E-state index contributed by atoms with van der Waals surface area (Å²) in [6, 6.07) is 10.0. The molecule has 3 rings (SSSR count). The summed E-state index contributed by atoms with van der Waals surface area (Å²) in [5.41, 5.74) is 3.66. The Morgan fingerprint density at radius 3 is 2.48 bits per heavy atom. The first kappa shape index (κ1) is 17.7. The molecule has 1 aromatic heterocycles. The molecule has 0 spiro atoms. The highest BCUT2D eigenvalue weighted by Gasteiger charge is 2.27. The summed E-state index contributed by atoms with van der Waals surface area (Å²) in [5, 5.41) is 7.70. The fourth-order valence-corrected chi connectivity index (χ4v) is 4.12. The highest BCUT2D eigenvalue weighted by atomic mass is 16.2. The lowest BCUT2D eigenvalue weighted by molar-refractivity contribution is -0.904. The van der Waals surface area contributed by atoms with E-state index in [0.717, 1.165) is 35.9 Å². The predicted octanol–water partition coefficient (Wildman–Crippen LogP) is 1.99.